The zero-order valence-electron chi connectivity index (χ0n) is 13.8. The van der Waals surface area contributed by atoms with E-state index in [-0.39, 0.29) is 11.9 Å². The molecule has 140 valence electrons. The molecule has 25 heavy (non-hydrogen) atoms. The third-order valence-electron chi connectivity index (χ3n) is 4.34. The molecule has 1 aliphatic rings. The van der Waals surface area contributed by atoms with Gasteiger partial charge in [0.05, 0.1) is 0 Å². The highest BCUT2D eigenvalue weighted by Crippen LogP contribution is 2.30. The standard InChI is InChI=1S/C16H21F4N3O2/c1-2-9-3-5-10(6-4-9)22-14-12(17)7-11(13(21)24)15(23-14)25-8-16(18,19)20/h7,9-10H,2-6,8H2,1H3,(H2,21,24)(H,22,23). The molecule has 0 bridgehead atoms. The molecule has 0 atom stereocenters. The van der Waals surface area contributed by atoms with E-state index in [0.717, 1.165) is 38.2 Å². The average Bonchev–Trinajstić information content (AvgIpc) is 2.54. The summed E-state index contributed by atoms with van der Waals surface area (Å²) in [4.78, 5) is 15.0. The molecule has 0 saturated heterocycles. The largest absolute Gasteiger partial charge is 0.467 e. The molecule has 9 heteroatoms. The summed E-state index contributed by atoms with van der Waals surface area (Å²) in [5, 5.41) is 2.90. The minimum absolute atomic E-state index is 0.0281. The first-order valence-electron chi connectivity index (χ1n) is 8.16. The van der Waals surface area contributed by atoms with Gasteiger partial charge in [0.15, 0.2) is 18.2 Å². The van der Waals surface area contributed by atoms with Crippen LogP contribution in [0.4, 0.5) is 23.4 Å². The van der Waals surface area contributed by atoms with Crippen molar-refractivity contribution in [3.8, 4) is 5.88 Å². The van der Waals surface area contributed by atoms with Gasteiger partial charge in [0.1, 0.15) is 5.56 Å². The second-order valence-electron chi connectivity index (χ2n) is 6.21. The van der Waals surface area contributed by atoms with Gasteiger partial charge in [0.25, 0.3) is 5.91 Å². The van der Waals surface area contributed by atoms with Crippen molar-refractivity contribution in [3.05, 3.63) is 17.4 Å². The van der Waals surface area contributed by atoms with Crippen LogP contribution in [0.3, 0.4) is 0 Å². The Morgan fingerprint density at radius 2 is 2.00 bits per heavy atom. The van der Waals surface area contributed by atoms with Crippen LogP contribution in [0.1, 0.15) is 49.4 Å². The third-order valence-corrected chi connectivity index (χ3v) is 4.34. The van der Waals surface area contributed by atoms with Gasteiger partial charge in [0, 0.05) is 6.04 Å². The fourth-order valence-electron chi connectivity index (χ4n) is 2.92. The van der Waals surface area contributed by atoms with E-state index < -0.39 is 36.0 Å². The third kappa shape index (κ3) is 5.47. The zero-order chi connectivity index (χ0) is 18.6. The predicted molar refractivity (Wildman–Crippen MR) is 83.9 cm³/mol. The lowest BCUT2D eigenvalue weighted by Gasteiger charge is -2.29. The van der Waals surface area contributed by atoms with E-state index in [0.29, 0.717) is 5.92 Å². The minimum Gasteiger partial charge on any atom is -0.467 e. The molecule has 1 aromatic rings. The minimum atomic E-state index is -4.61. The van der Waals surface area contributed by atoms with Gasteiger partial charge >= 0.3 is 6.18 Å². The lowest BCUT2D eigenvalue weighted by atomic mass is 9.84. The maximum atomic E-state index is 14.2. The van der Waals surface area contributed by atoms with Gasteiger partial charge in [-0.15, -0.1) is 0 Å². The van der Waals surface area contributed by atoms with Gasteiger partial charge < -0.3 is 15.8 Å². The van der Waals surface area contributed by atoms with Crippen LogP contribution in [0.2, 0.25) is 0 Å². The highest BCUT2D eigenvalue weighted by molar-refractivity contribution is 5.95. The van der Waals surface area contributed by atoms with E-state index in [4.69, 9.17) is 5.73 Å². The Morgan fingerprint density at radius 1 is 1.36 bits per heavy atom. The second-order valence-corrected chi connectivity index (χ2v) is 6.21. The van der Waals surface area contributed by atoms with Crippen LogP contribution in [0.25, 0.3) is 0 Å². The summed E-state index contributed by atoms with van der Waals surface area (Å²) in [5.74, 6) is -2.19. The number of amides is 1. The normalized spacial score (nSPS) is 21.0. The molecule has 5 nitrogen and oxygen atoms in total. The summed E-state index contributed by atoms with van der Waals surface area (Å²) in [6.45, 7) is 0.472. The SMILES string of the molecule is CCC1CCC(Nc2nc(OCC(F)(F)F)c(C(N)=O)cc2F)CC1. The molecule has 3 N–H and O–H groups in total. The van der Waals surface area contributed by atoms with E-state index in [1.807, 2.05) is 0 Å². The van der Waals surface area contributed by atoms with Crippen LogP contribution in [0.15, 0.2) is 6.07 Å². The van der Waals surface area contributed by atoms with Crippen molar-refractivity contribution in [3.63, 3.8) is 0 Å². The maximum Gasteiger partial charge on any atom is 0.422 e. The first kappa shape index (κ1) is 19.3. The van der Waals surface area contributed by atoms with Gasteiger partial charge in [-0.2, -0.15) is 18.2 Å². The van der Waals surface area contributed by atoms with Crippen LogP contribution in [-0.2, 0) is 0 Å². The fourth-order valence-corrected chi connectivity index (χ4v) is 2.92. The number of alkyl halides is 3. The van der Waals surface area contributed by atoms with Crippen molar-refractivity contribution in [1.29, 1.82) is 0 Å². The molecule has 0 unspecified atom stereocenters. The van der Waals surface area contributed by atoms with Crippen molar-refractivity contribution in [1.82, 2.24) is 4.98 Å². The highest BCUT2D eigenvalue weighted by atomic mass is 19.4. The van der Waals surface area contributed by atoms with Gasteiger partial charge in [-0.25, -0.2) is 4.39 Å². The number of ether oxygens (including phenoxy) is 1. The molecule has 0 spiro atoms. The lowest BCUT2D eigenvalue weighted by Crippen LogP contribution is -2.27. The Morgan fingerprint density at radius 3 is 2.52 bits per heavy atom. The van der Waals surface area contributed by atoms with Crippen LogP contribution in [0.5, 0.6) is 5.88 Å². The molecule has 0 aromatic carbocycles. The van der Waals surface area contributed by atoms with Crippen LogP contribution in [0, 0.1) is 11.7 Å². The predicted octanol–water partition coefficient (Wildman–Crippen LogP) is 3.64. The van der Waals surface area contributed by atoms with Crippen molar-refractivity contribution < 1.29 is 27.1 Å². The monoisotopic (exact) mass is 363 g/mol. The fraction of sp³-hybridized carbons (Fsp3) is 0.625. The van der Waals surface area contributed by atoms with Crippen molar-refractivity contribution in [2.24, 2.45) is 11.7 Å². The van der Waals surface area contributed by atoms with Crippen LogP contribution in [-0.4, -0.2) is 29.7 Å². The zero-order valence-corrected chi connectivity index (χ0v) is 13.8. The number of nitrogens with two attached hydrogens (primary N) is 1. The Hall–Kier alpha value is -2.06. The smallest absolute Gasteiger partial charge is 0.422 e. The van der Waals surface area contributed by atoms with E-state index in [9.17, 15) is 22.4 Å². The Bertz CT molecular complexity index is 614. The molecular formula is C16H21F4N3O2. The molecule has 1 aliphatic carbocycles. The van der Waals surface area contributed by atoms with Gasteiger partial charge in [0.2, 0.25) is 5.88 Å². The Kier molecular flexibility index (Phi) is 6.07. The summed E-state index contributed by atoms with van der Waals surface area (Å²) in [5.41, 5.74) is 4.53. The van der Waals surface area contributed by atoms with E-state index >= 15 is 0 Å². The first-order valence-corrected chi connectivity index (χ1v) is 8.16. The highest BCUT2D eigenvalue weighted by Gasteiger charge is 2.30. The van der Waals surface area contributed by atoms with E-state index in [1.54, 1.807) is 0 Å². The lowest BCUT2D eigenvalue weighted by molar-refractivity contribution is -0.154. The van der Waals surface area contributed by atoms with Crippen molar-refractivity contribution >= 4 is 11.7 Å². The summed E-state index contributed by atoms with van der Waals surface area (Å²) < 4.78 is 55.7. The number of nitrogens with one attached hydrogen (secondary N) is 1. The second kappa shape index (κ2) is 7.88. The molecule has 1 heterocycles. The van der Waals surface area contributed by atoms with E-state index in [2.05, 4.69) is 22.0 Å². The van der Waals surface area contributed by atoms with Crippen molar-refractivity contribution in [2.75, 3.05) is 11.9 Å². The molecule has 1 saturated carbocycles. The number of halogens is 4. The van der Waals surface area contributed by atoms with Crippen molar-refractivity contribution in [2.45, 2.75) is 51.2 Å². The average molecular weight is 363 g/mol. The number of carbonyl (C=O) groups is 1. The number of aromatic nitrogens is 1. The number of pyridine rings is 1. The first-order chi connectivity index (χ1) is 11.7. The number of anilines is 1. The summed E-state index contributed by atoms with van der Waals surface area (Å²) in [6.07, 6.45) is 0.0875. The number of carbonyl (C=O) groups excluding carboxylic acids is 1. The molecule has 0 radical (unpaired) electrons. The summed E-state index contributed by atoms with van der Waals surface area (Å²) in [6, 6.07) is 0.723. The molecule has 2 rings (SSSR count). The molecular weight excluding hydrogens is 342 g/mol. The number of primary amides is 1. The Balaban J connectivity index is 2.16. The summed E-state index contributed by atoms with van der Waals surface area (Å²) in [7, 11) is 0. The number of hydrogen-bond donors (Lipinski definition) is 2. The topological polar surface area (TPSA) is 77.2 Å². The van der Waals surface area contributed by atoms with Crippen LogP contribution < -0.4 is 15.8 Å². The van der Waals surface area contributed by atoms with Gasteiger partial charge in [-0.05, 0) is 37.7 Å². The molecule has 1 fully saturated rings. The number of rotatable bonds is 6. The van der Waals surface area contributed by atoms with Gasteiger partial charge in [-0.1, -0.05) is 13.3 Å². The Labute approximate surface area is 142 Å². The van der Waals surface area contributed by atoms with E-state index in [1.165, 1.54) is 0 Å². The number of hydrogen-bond acceptors (Lipinski definition) is 4. The summed E-state index contributed by atoms with van der Waals surface area (Å²) >= 11 is 0. The molecule has 0 aliphatic heterocycles. The number of nitrogens with zero attached hydrogens (tertiary/aromatic N) is 1. The molecule has 1 aromatic heterocycles. The quantitative estimate of drug-likeness (QED) is 0.757. The van der Waals surface area contributed by atoms with Gasteiger partial charge in [-0.3, -0.25) is 4.79 Å². The maximum absolute atomic E-state index is 14.2. The van der Waals surface area contributed by atoms with Crippen LogP contribution >= 0.6 is 0 Å². The molecule has 1 amide bonds.